The van der Waals surface area contributed by atoms with Gasteiger partial charge in [-0.3, -0.25) is 18.7 Å². The number of amides is 2. The zero-order valence-electron chi connectivity index (χ0n) is 16.8. The predicted octanol–water partition coefficient (Wildman–Crippen LogP) is 0.677. The van der Waals surface area contributed by atoms with Gasteiger partial charge in [0, 0.05) is 11.0 Å². The van der Waals surface area contributed by atoms with Gasteiger partial charge < -0.3 is 10.4 Å². The van der Waals surface area contributed by atoms with E-state index >= 15 is 0 Å². The maximum Gasteiger partial charge on any atom is 0.352 e. The molecule has 2 aliphatic rings. The van der Waals surface area contributed by atoms with E-state index < -0.39 is 45.2 Å². The fourth-order valence-electron chi connectivity index (χ4n) is 3.31. The molecule has 11 nitrogen and oxygen atoms in total. The first-order valence-corrected chi connectivity index (χ1v) is 13.4. The smallest absolute Gasteiger partial charge is 0.352 e. The van der Waals surface area contributed by atoms with Gasteiger partial charge in [0.1, 0.15) is 22.4 Å². The van der Waals surface area contributed by atoms with Crippen LogP contribution >= 0.6 is 34.9 Å². The van der Waals surface area contributed by atoms with Crippen LogP contribution in [0.1, 0.15) is 13.8 Å². The molecule has 4 rings (SSSR count). The third kappa shape index (κ3) is 4.21. The Hall–Kier alpha value is -2.23. The van der Waals surface area contributed by atoms with Gasteiger partial charge >= 0.3 is 5.97 Å². The van der Waals surface area contributed by atoms with E-state index in [0.717, 1.165) is 0 Å². The molecule has 2 amide bonds. The van der Waals surface area contributed by atoms with Gasteiger partial charge in [0.2, 0.25) is 11.1 Å². The van der Waals surface area contributed by atoms with Gasteiger partial charge in [-0.25, -0.2) is 4.79 Å². The molecule has 4 heterocycles. The summed E-state index contributed by atoms with van der Waals surface area (Å²) in [7, 11) is -1.54. The molecule has 2 aromatic rings. The molecule has 5 atom stereocenters. The molecule has 32 heavy (non-hydrogen) atoms. The molecule has 1 saturated heterocycles. The number of tetrazole rings is 1. The Morgan fingerprint density at radius 3 is 2.84 bits per heavy atom. The first-order valence-electron chi connectivity index (χ1n) is 9.35. The van der Waals surface area contributed by atoms with E-state index in [-0.39, 0.29) is 10.9 Å². The van der Waals surface area contributed by atoms with Gasteiger partial charge in [0.25, 0.3) is 5.91 Å². The Labute approximate surface area is 197 Å². The Bertz CT molecular complexity index is 1090. The third-order valence-electron chi connectivity index (χ3n) is 4.98. The highest BCUT2D eigenvalue weighted by atomic mass is 32.2. The Morgan fingerprint density at radius 2 is 2.22 bits per heavy atom. The van der Waals surface area contributed by atoms with Crippen molar-refractivity contribution in [1.82, 2.24) is 30.8 Å². The standard InChI is InChI=1S/C17H18N6O5S4/c1-7(31-17-19-21-22-20-17)9-6-30-15-11(14(25)23(15)12(9)16(26)27)18-13(24)8(2)32(28)10-4-3-5-29-10/h3-5,7-8,11,15H,6H2,1-2H3,(H,18,24)(H,26,27)(H,19,20,21,22)/t7?,8?,11?,15-,32?/m1/s1. The number of carboxylic acid groups (broad SMARTS) is 1. The van der Waals surface area contributed by atoms with Crippen molar-refractivity contribution >= 4 is 63.4 Å². The molecule has 0 aromatic carbocycles. The minimum atomic E-state index is -1.54. The maximum atomic E-state index is 12.8. The first kappa shape index (κ1) is 22.9. The van der Waals surface area contributed by atoms with Crippen LogP contribution in [0.2, 0.25) is 0 Å². The number of aliphatic carboxylic acids is 1. The van der Waals surface area contributed by atoms with E-state index in [1.807, 2.05) is 6.92 Å². The normalized spacial score (nSPS) is 23.2. The van der Waals surface area contributed by atoms with E-state index in [4.69, 9.17) is 0 Å². The summed E-state index contributed by atoms with van der Waals surface area (Å²) in [4.78, 5) is 38.7. The highest BCUT2D eigenvalue weighted by Gasteiger charge is 2.55. The highest BCUT2D eigenvalue weighted by molar-refractivity contribution is 8.01. The van der Waals surface area contributed by atoms with Crippen LogP contribution in [0.25, 0.3) is 0 Å². The lowest BCUT2D eigenvalue weighted by atomic mass is 10.0. The second kappa shape index (κ2) is 9.33. The summed E-state index contributed by atoms with van der Waals surface area (Å²) in [5.41, 5.74) is 0.488. The average molecular weight is 515 g/mol. The molecule has 3 N–H and O–H groups in total. The summed E-state index contributed by atoms with van der Waals surface area (Å²) in [6.45, 7) is 3.35. The molecule has 2 aliphatic heterocycles. The summed E-state index contributed by atoms with van der Waals surface area (Å²) in [6.07, 6.45) is 0. The van der Waals surface area contributed by atoms with E-state index in [1.165, 1.54) is 46.7 Å². The van der Waals surface area contributed by atoms with Gasteiger partial charge in [-0.2, -0.15) is 5.21 Å². The molecule has 4 unspecified atom stereocenters. The molecule has 0 aliphatic carbocycles. The summed E-state index contributed by atoms with van der Waals surface area (Å²) >= 11 is 3.90. The summed E-state index contributed by atoms with van der Waals surface area (Å²) in [5.74, 6) is -1.86. The molecule has 0 bridgehead atoms. The van der Waals surface area contributed by atoms with Crippen molar-refractivity contribution in [1.29, 1.82) is 0 Å². The van der Waals surface area contributed by atoms with Crippen LogP contribution in [0.5, 0.6) is 0 Å². The van der Waals surface area contributed by atoms with E-state index in [9.17, 15) is 23.7 Å². The fourth-order valence-corrected chi connectivity index (χ4v) is 7.97. The number of aromatic amines is 1. The number of carbonyl (C=O) groups is 3. The number of nitrogens with one attached hydrogen (secondary N) is 2. The predicted molar refractivity (Wildman–Crippen MR) is 119 cm³/mol. The Morgan fingerprint density at radius 1 is 1.44 bits per heavy atom. The molecule has 0 radical (unpaired) electrons. The van der Waals surface area contributed by atoms with Gasteiger partial charge in [-0.05, 0) is 36.1 Å². The lowest BCUT2D eigenvalue weighted by molar-refractivity contribution is -0.150. The number of carbonyl (C=O) groups excluding carboxylic acids is 2. The number of H-pyrrole nitrogens is 1. The van der Waals surface area contributed by atoms with Crippen molar-refractivity contribution in [3.8, 4) is 0 Å². The zero-order chi connectivity index (χ0) is 23.0. The lowest BCUT2D eigenvalue weighted by Gasteiger charge is -2.50. The second-order valence-electron chi connectivity index (χ2n) is 6.90. The molecule has 15 heteroatoms. The second-order valence-corrected chi connectivity index (χ2v) is 12.3. The molecule has 0 saturated carbocycles. The van der Waals surface area contributed by atoms with Crippen LogP contribution in [-0.2, 0) is 25.2 Å². The zero-order valence-corrected chi connectivity index (χ0v) is 20.0. The first-order chi connectivity index (χ1) is 15.3. The van der Waals surface area contributed by atoms with Gasteiger partial charge in [0.15, 0.2) is 0 Å². The molecule has 2 aromatic heterocycles. The summed E-state index contributed by atoms with van der Waals surface area (Å²) in [6, 6.07) is 2.58. The number of thiophene rings is 1. The van der Waals surface area contributed by atoms with Crippen LogP contribution in [0.4, 0.5) is 0 Å². The van der Waals surface area contributed by atoms with Crippen molar-refractivity contribution in [2.75, 3.05) is 5.75 Å². The summed E-state index contributed by atoms with van der Waals surface area (Å²) in [5, 5.41) is 26.5. The van der Waals surface area contributed by atoms with Crippen LogP contribution < -0.4 is 5.32 Å². The monoisotopic (exact) mass is 514 g/mol. The topological polar surface area (TPSA) is 158 Å². The van der Waals surface area contributed by atoms with E-state index in [2.05, 4.69) is 25.9 Å². The number of nitrogens with zero attached hydrogens (tertiary/aromatic N) is 4. The number of rotatable bonds is 8. The van der Waals surface area contributed by atoms with Crippen molar-refractivity contribution in [2.24, 2.45) is 0 Å². The molecule has 0 spiro atoms. The van der Waals surface area contributed by atoms with Gasteiger partial charge in [-0.1, -0.05) is 17.8 Å². The molecular formula is C17H18N6O5S4. The van der Waals surface area contributed by atoms with E-state index in [1.54, 1.807) is 17.5 Å². The van der Waals surface area contributed by atoms with Crippen LogP contribution in [-0.4, -0.2) is 80.3 Å². The van der Waals surface area contributed by atoms with Gasteiger partial charge in [-0.15, -0.1) is 33.3 Å². The number of β-lactam (4-membered cyclic amide) rings is 1. The highest BCUT2D eigenvalue weighted by Crippen LogP contribution is 2.43. The van der Waals surface area contributed by atoms with Crippen molar-refractivity contribution in [2.45, 2.75) is 45.1 Å². The van der Waals surface area contributed by atoms with Gasteiger partial charge in [0.05, 0.1) is 15.0 Å². The SMILES string of the molecule is CC(Sc1nn[nH]n1)C1=C(C(=O)O)N2C(=O)C(NC(=O)C(C)S(=O)c3cccs3)[C@H]2SC1. The van der Waals surface area contributed by atoms with Crippen LogP contribution in [0.15, 0.2) is 38.1 Å². The number of carboxylic acids is 1. The summed E-state index contributed by atoms with van der Waals surface area (Å²) < 4.78 is 13.1. The minimum Gasteiger partial charge on any atom is -0.477 e. The van der Waals surface area contributed by atoms with Crippen molar-refractivity contribution < 1.29 is 23.7 Å². The number of aromatic nitrogens is 4. The lowest BCUT2D eigenvalue weighted by Crippen LogP contribution is -2.71. The Kier molecular flexibility index (Phi) is 6.69. The third-order valence-corrected chi connectivity index (χ3v) is 10.1. The van der Waals surface area contributed by atoms with E-state index in [0.29, 0.717) is 20.7 Å². The molecule has 170 valence electrons. The van der Waals surface area contributed by atoms with Crippen molar-refractivity contribution in [3.63, 3.8) is 0 Å². The largest absolute Gasteiger partial charge is 0.477 e. The average Bonchev–Trinajstić information content (AvgIpc) is 3.49. The van der Waals surface area contributed by atoms with Crippen LogP contribution in [0, 0.1) is 0 Å². The van der Waals surface area contributed by atoms with Crippen molar-refractivity contribution in [3.05, 3.63) is 28.8 Å². The quantitative estimate of drug-likeness (QED) is 0.338. The maximum absolute atomic E-state index is 12.8. The number of fused-ring (bicyclic) bond motifs is 1. The Balaban J connectivity index is 1.47. The fraction of sp³-hybridized carbons (Fsp3) is 0.412. The number of thioether (sulfide) groups is 2. The number of hydrogen-bond donors (Lipinski definition) is 3. The number of hydrogen-bond acceptors (Lipinski definition) is 10. The molecule has 1 fully saturated rings. The minimum absolute atomic E-state index is 0.0806. The van der Waals surface area contributed by atoms with Crippen LogP contribution in [0.3, 0.4) is 0 Å². The molecular weight excluding hydrogens is 496 g/mol.